The molecular formula is C18H33NO5. The minimum Gasteiger partial charge on any atom is -0.466 e. The van der Waals surface area contributed by atoms with Crippen LogP contribution in [0.1, 0.15) is 39.5 Å². The summed E-state index contributed by atoms with van der Waals surface area (Å²) in [5, 5.41) is 0. The van der Waals surface area contributed by atoms with Crippen molar-refractivity contribution in [2.45, 2.75) is 63.9 Å². The third-order valence-electron chi connectivity index (χ3n) is 5.24. The van der Waals surface area contributed by atoms with Crippen LogP contribution in [0.3, 0.4) is 0 Å². The molecule has 1 saturated carbocycles. The molecule has 0 amide bonds. The first-order valence-corrected chi connectivity index (χ1v) is 9.23. The second-order valence-electron chi connectivity index (χ2n) is 6.76. The van der Waals surface area contributed by atoms with Gasteiger partial charge in [-0.3, -0.25) is 9.69 Å². The van der Waals surface area contributed by atoms with E-state index in [1.54, 1.807) is 7.11 Å². The van der Waals surface area contributed by atoms with Crippen molar-refractivity contribution in [3.8, 4) is 0 Å². The Labute approximate surface area is 145 Å². The Morgan fingerprint density at radius 3 is 2.38 bits per heavy atom. The molecule has 2 fully saturated rings. The molecule has 24 heavy (non-hydrogen) atoms. The van der Waals surface area contributed by atoms with Crippen molar-refractivity contribution in [2.24, 2.45) is 5.92 Å². The first-order valence-electron chi connectivity index (χ1n) is 9.23. The Kier molecular flexibility index (Phi) is 7.94. The van der Waals surface area contributed by atoms with Crippen LogP contribution in [0.4, 0.5) is 0 Å². The zero-order valence-corrected chi connectivity index (χ0v) is 15.5. The number of rotatable bonds is 8. The number of likely N-dealkylation sites (N-methyl/N-ethyl adjacent to an activating group) is 1. The predicted molar refractivity (Wildman–Crippen MR) is 91.0 cm³/mol. The lowest BCUT2D eigenvalue weighted by Gasteiger charge is -2.31. The minimum atomic E-state index is -0.0502. The fourth-order valence-electron chi connectivity index (χ4n) is 3.82. The lowest BCUT2D eigenvalue weighted by atomic mass is 9.87. The summed E-state index contributed by atoms with van der Waals surface area (Å²) >= 11 is 0. The fourth-order valence-corrected chi connectivity index (χ4v) is 3.82. The van der Waals surface area contributed by atoms with Gasteiger partial charge in [0, 0.05) is 20.3 Å². The minimum absolute atomic E-state index is 0.0491. The monoisotopic (exact) mass is 343 g/mol. The Balaban J connectivity index is 1.78. The van der Waals surface area contributed by atoms with Crippen LogP contribution >= 0.6 is 0 Å². The highest BCUT2D eigenvalue weighted by molar-refractivity contribution is 5.72. The quantitative estimate of drug-likeness (QED) is 0.627. The molecule has 1 aliphatic heterocycles. The molecule has 0 spiro atoms. The molecule has 6 heteroatoms. The number of hydrogen-bond acceptors (Lipinski definition) is 6. The first-order chi connectivity index (χ1) is 11.6. The standard InChI is InChI=1S/C18H33NO5/c1-5-22-17-15(19(3)11-16(17)21-4)12-24-14-9-7-13(8-10-14)18(20)23-6-2/h13-17H,5-12H2,1-4H3/t13-,14-,15-,16+,17-/m1/s1. The van der Waals surface area contributed by atoms with Crippen LogP contribution < -0.4 is 0 Å². The van der Waals surface area contributed by atoms with Gasteiger partial charge in [0.15, 0.2) is 0 Å². The van der Waals surface area contributed by atoms with Gasteiger partial charge in [-0.1, -0.05) is 0 Å². The van der Waals surface area contributed by atoms with Gasteiger partial charge in [0.05, 0.1) is 37.4 Å². The van der Waals surface area contributed by atoms with Crippen molar-refractivity contribution in [3.63, 3.8) is 0 Å². The number of nitrogens with zero attached hydrogens (tertiary/aromatic N) is 1. The lowest BCUT2D eigenvalue weighted by molar-refractivity contribution is -0.150. The Morgan fingerprint density at radius 1 is 1.08 bits per heavy atom. The number of hydrogen-bond donors (Lipinski definition) is 0. The van der Waals surface area contributed by atoms with Crippen LogP contribution in [0.2, 0.25) is 0 Å². The summed E-state index contributed by atoms with van der Waals surface area (Å²) < 4.78 is 22.7. The van der Waals surface area contributed by atoms with E-state index in [-0.39, 0.29) is 36.2 Å². The van der Waals surface area contributed by atoms with E-state index in [0.717, 1.165) is 32.2 Å². The van der Waals surface area contributed by atoms with Crippen molar-refractivity contribution in [2.75, 3.05) is 40.5 Å². The van der Waals surface area contributed by atoms with E-state index in [9.17, 15) is 4.79 Å². The van der Waals surface area contributed by atoms with Gasteiger partial charge < -0.3 is 18.9 Å². The van der Waals surface area contributed by atoms with E-state index >= 15 is 0 Å². The molecule has 1 saturated heterocycles. The maximum Gasteiger partial charge on any atom is 0.308 e. The van der Waals surface area contributed by atoms with Crippen LogP contribution in [0.15, 0.2) is 0 Å². The Hall–Kier alpha value is -0.690. The molecule has 0 aromatic rings. The fraction of sp³-hybridized carbons (Fsp3) is 0.944. The third-order valence-corrected chi connectivity index (χ3v) is 5.24. The summed E-state index contributed by atoms with van der Waals surface area (Å²) in [7, 11) is 3.83. The molecule has 2 rings (SSSR count). The molecule has 140 valence electrons. The number of methoxy groups -OCH3 is 1. The SMILES string of the molecule is CCOC(=O)[C@H]1CC[C@H](OC[C@@H]2[C@@H](OCC)[C@@H](OC)CN2C)CC1. The van der Waals surface area contributed by atoms with Crippen molar-refractivity contribution in [1.82, 2.24) is 4.90 Å². The first kappa shape index (κ1) is 19.6. The summed E-state index contributed by atoms with van der Waals surface area (Å²) in [5.74, 6) is -0.00109. The molecule has 0 aromatic carbocycles. The molecule has 0 unspecified atom stereocenters. The third kappa shape index (κ3) is 4.91. The highest BCUT2D eigenvalue weighted by atomic mass is 16.5. The molecule has 0 aromatic heterocycles. The van der Waals surface area contributed by atoms with Crippen LogP contribution in [0.5, 0.6) is 0 Å². The summed E-state index contributed by atoms with van der Waals surface area (Å²) in [6, 6.07) is 0.220. The van der Waals surface area contributed by atoms with E-state index in [1.165, 1.54) is 0 Å². The lowest BCUT2D eigenvalue weighted by Crippen LogP contribution is -2.41. The molecule has 0 bridgehead atoms. The average molecular weight is 343 g/mol. The topological polar surface area (TPSA) is 57.2 Å². The van der Waals surface area contributed by atoms with E-state index in [4.69, 9.17) is 18.9 Å². The number of carbonyl (C=O) groups excluding carboxylic acids is 1. The van der Waals surface area contributed by atoms with E-state index in [2.05, 4.69) is 11.9 Å². The zero-order chi connectivity index (χ0) is 17.5. The average Bonchev–Trinajstić information content (AvgIpc) is 2.89. The highest BCUT2D eigenvalue weighted by Gasteiger charge is 2.41. The van der Waals surface area contributed by atoms with Crippen LogP contribution in [0, 0.1) is 5.92 Å². The van der Waals surface area contributed by atoms with Gasteiger partial charge in [-0.05, 0) is 46.6 Å². The second-order valence-corrected chi connectivity index (χ2v) is 6.76. The molecule has 0 N–H and O–H groups in total. The number of carbonyl (C=O) groups is 1. The van der Waals surface area contributed by atoms with E-state index in [1.807, 2.05) is 13.8 Å². The van der Waals surface area contributed by atoms with Gasteiger partial charge in [0.1, 0.15) is 6.10 Å². The normalized spacial score (nSPS) is 34.4. The van der Waals surface area contributed by atoms with E-state index < -0.39 is 0 Å². The smallest absolute Gasteiger partial charge is 0.308 e. The zero-order valence-electron chi connectivity index (χ0n) is 15.5. The van der Waals surface area contributed by atoms with Crippen LogP contribution in [0.25, 0.3) is 0 Å². The van der Waals surface area contributed by atoms with Gasteiger partial charge in [0.25, 0.3) is 0 Å². The molecular weight excluding hydrogens is 310 g/mol. The molecule has 1 heterocycles. The summed E-state index contributed by atoms with van der Waals surface area (Å²) in [6.07, 6.45) is 3.95. The largest absolute Gasteiger partial charge is 0.466 e. The maximum atomic E-state index is 11.8. The van der Waals surface area contributed by atoms with Gasteiger partial charge in [0.2, 0.25) is 0 Å². The van der Waals surface area contributed by atoms with Crippen LogP contribution in [-0.4, -0.2) is 75.7 Å². The van der Waals surface area contributed by atoms with Crippen molar-refractivity contribution < 1.29 is 23.7 Å². The van der Waals surface area contributed by atoms with Gasteiger partial charge in [-0.15, -0.1) is 0 Å². The summed E-state index contributed by atoms with van der Waals surface area (Å²) in [6.45, 7) is 6.52. The van der Waals surface area contributed by atoms with E-state index in [0.29, 0.717) is 19.8 Å². The molecule has 0 radical (unpaired) electrons. The number of esters is 1. The number of likely N-dealkylation sites (tertiary alicyclic amines) is 1. The predicted octanol–water partition coefficient (Wildman–Crippen LogP) is 1.86. The van der Waals surface area contributed by atoms with Crippen molar-refractivity contribution in [1.29, 1.82) is 0 Å². The molecule has 2 aliphatic rings. The maximum absolute atomic E-state index is 11.8. The molecule has 3 atom stereocenters. The Morgan fingerprint density at radius 2 is 1.79 bits per heavy atom. The van der Waals surface area contributed by atoms with Crippen molar-refractivity contribution >= 4 is 5.97 Å². The number of ether oxygens (including phenoxy) is 4. The summed E-state index contributed by atoms with van der Waals surface area (Å²) in [4.78, 5) is 14.1. The van der Waals surface area contributed by atoms with Gasteiger partial charge in [-0.2, -0.15) is 0 Å². The Bertz CT molecular complexity index is 384. The van der Waals surface area contributed by atoms with Gasteiger partial charge >= 0.3 is 5.97 Å². The summed E-state index contributed by atoms with van der Waals surface area (Å²) in [5.41, 5.74) is 0. The molecule has 6 nitrogen and oxygen atoms in total. The highest BCUT2D eigenvalue weighted by Crippen LogP contribution is 2.29. The molecule has 1 aliphatic carbocycles. The van der Waals surface area contributed by atoms with Crippen LogP contribution in [-0.2, 0) is 23.7 Å². The van der Waals surface area contributed by atoms with Gasteiger partial charge in [-0.25, -0.2) is 0 Å². The van der Waals surface area contributed by atoms with Crippen molar-refractivity contribution in [3.05, 3.63) is 0 Å². The second kappa shape index (κ2) is 9.70.